The average Bonchev–Trinajstić information content (AvgIpc) is 2.84. The fourth-order valence-electron chi connectivity index (χ4n) is 3.66. The zero-order valence-electron chi connectivity index (χ0n) is 20.2. The van der Waals surface area contributed by atoms with Gasteiger partial charge >= 0.3 is 0 Å². The molecule has 3 rings (SSSR count). The van der Waals surface area contributed by atoms with Crippen molar-refractivity contribution in [1.82, 2.24) is 4.90 Å². The maximum Gasteiger partial charge on any atom is 0.255 e. The lowest BCUT2D eigenvalue weighted by Gasteiger charge is -2.24. The molecule has 0 saturated carbocycles. The largest absolute Gasteiger partial charge is 0.339 e. The topological polar surface area (TPSA) is 86.8 Å². The molecule has 0 aliphatic carbocycles. The molecule has 0 heterocycles. The number of nitrogens with one attached hydrogen (secondary N) is 1. The van der Waals surface area contributed by atoms with Gasteiger partial charge in [0.05, 0.1) is 29.7 Å². The molecule has 3 aromatic carbocycles. The number of rotatable bonds is 9. The van der Waals surface area contributed by atoms with Crippen LogP contribution in [-0.4, -0.2) is 44.5 Å². The highest BCUT2D eigenvalue weighted by molar-refractivity contribution is 7.92. The molecule has 10 heteroatoms. The Balaban J connectivity index is 1.85. The van der Waals surface area contributed by atoms with Crippen LogP contribution in [0.1, 0.15) is 40.1 Å². The first-order valence-electron chi connectivity index (χ1n) is 11.3. The number of para-hydroxylation sites is 1. The van der Waals surface area contributed by atoms with Crippen molar-refractivity contribution >= 4 is 56.4 Å². The summed E-state index contributed by atoms with van der Waals surface area (Å²) in [6.07, 6.45) is 1.09. The third-order valence-corrected chi connectivity index (χ3v) is 7.49. The van der Waals surface area contributed by atoms with Crippen LogP contribution >= 0.6 is 23.2 Å². The van der Waals surface area contributed by atoms with E-state index in [0.717, 1.165) is 6.26 Å². The van der Waals surface area contributed by atoms with Crippen LogP contribution in [0.4, 0.5) is 11.4 Å². The molecule has 3 aromatic rings. The molecule has 2 amide bonds. The normalized spacial score (nSPS) is 11.1. The molecule has 36 heavy (non-hydrogen) atoms. The molecule has 0 atom stereocenters. The van der Waals surface area contributed by atoms with Gasteiger partial charge in [-0.1, -0.05) is 41.4 Å². The highest BCUT2D eigenvalue weighted by Crippen LogP contribution is 2.29. The van der Waals surface area contributed by atoms with E-state index in [1.54, 1.807) is 47.4 Å². The Labute approximate surface area is 221 Å². The number of nitrogens with zero attached hydrogens (tertiary/aromatic N) is 2. The maximum atomic E-state index is 13.0. The van der Waals surface area contributed by atoms with E-state index in [9.17, 15) is 18.0 Å². The van der Waals surface area contributed by atoms with Crippen LogP contribution in [0.25, 0.3) is 0 Å². The van der Waals surface area contributed by atoms with E-state index < -0.39 is 15.9 Å². The lowest BCUT2D eigenvalue weighted by molar-refractivity contribution is 0.0774. The van der Waals surface area contributed by atoms with Crippen LogP contribution in [0.5, 0.6) is 0 Å². The van der Waals surface area contributed by atoms with E-state index in [1.165, 1.54) is 28.6 Å². The zero-order valence-corrected chi connectivity index (χ0v) is 22.5. The van der Waals surface area contributed by atoms with Crippen molar-refractivity contribution in [3.05, 3.63) is 93.5 Å². The lowest BCUT2D eigenvalue weighted by atomic mass is 10.1. The second-order valence-corrected chi connectivity index (χ2v) is 10.7. The summed E-state index contributed by atoms with van der Waals surface area (Å²) < 4.78 is 26.3. The molecule has 0 bridgehead atoms. The van der Waals surface area contributed by atoms with Gasteiger partial charge in [0.25, 0.3) is 11.8 Å². The second kappa shape index (κ2) is 11.8. The summed E-state index contributed by atoms with van der Waals surface area (Å²) in [4.78, 5) is 27.5. The number of anilines is 2. The summed E-state index contributed by atoms with van der Waals surface area (Å²) >= 11 is 12.5. The summed E-state index contributed by atoms with van der Waals surface area (Å²) in [7, 11) is -3.69. The molecule has 0 aliphatic rings. The number of halogens is 2. The molecule has 0 fully saturated rings. The number of amides is 2. The number of hydrogen-bond acceptors (Lipinski definition) is 4. The molecule has 0 saturated heterocycles. The molecular weight excluding hydrogens is 521 g/mol. The average molecular weight is 548 g/mol. The molecule has 7 nitrogen and oxygen atoms in total. The Morgan fingerprint density at radius 2 is 1.44 bits per heavy atom. The van der Waals surface area contributed by atoms with Crippen molar-refractivity contribution in [3.63, 3.8) is 0 Å². The monoisotopic (exact) mass is 547 g/mol. The smallest absolute Gasteiger partial charge is 0.255 e. The molecular formula is C26H27Cl2N3O4S. The second-order valence-electron chi connectivity index (χ2n) is 7.99. The maximum absolute atomic E-state index is 13.0. The Hall–Kier alpha value is -3.07. The molecule has 0 aromatic heterocycles. The van der Waals surface area contributed by atoms with Crippen LogP contribution in [0, 0.1) is 0 Å². The standard InChI is InChI=1S/C26H27Cl2N3O4S/c1-4-30(5-2)26(33)20-9-6-7-12-24(20)29-25(32)18-13-15-19(16-14-18)31(36(3,34)35)17-21-22(27)10-8-11-23(21)28/h6-16H,4-5,17H2,1-3H3,(H,29,32). The zero-order chi connectivity index (χ0) is 26.5. The van der Waals surface area contributed by atoms with E-state index in [-0.39, 0.29) is 12.5 Å². The van der Waals surface area contributed by atoms with Crippen molar-refractivity contribution < 1.29 is 18.0 Å². The van der Waals surface area contributed by atoms with Crippen molar-refractivity contribution in [2.45, 2.75) is 20.4 Å². The Kier molecular flexibility index (Phi) is 9.00. The number of benzene rings is 3. The predicted octanol–water partition coefficient (Wildman–Crippen LogP) is 5.69. The Morgan fingerprint density at radius 3 is 2.00 bits per heavy atom. The Morgan fingerprint density at radius 1 is 0.861 bits per heavy atom. The minimum Gasteiger partial charge on any atom is -0.339 e. The van der Waals surface area contributed by atoms with Gasteiger partial charge in [-0.05, 0) is 62.4 Å². The number of hydrogen-bond donors (Lipinski definition) is 1. The molecule has 1 N–H and O–H groups in total. The van der Waals surface area contributed by atoms with E-state index in [4.69, 9.17) is 23.2 Å². The van der Waals surface area contributed by atoms with Gasteiger partial charge in [0, 0.05) is 34.3 Å². The number of carbonyl (C=O) groups excluding carboxylic acids is 2. The predicted molar refractivity (Wildman–Crippen MR) is 146 cm³/mol. The first-order valence-corrected chi connectivity index (χ1v) is 13.9. The fraction of sp³-hybridized carbons (Fsp3) is 0.231. The van der Waals surface area contributed by atoms with Crippen molar-refractivity contribution in [2.24, 2.45) is 0 Å². The van der Waals surface area contributed by atoms with E-state index in [0.29, 0.717) is 51.2 Å². The molecule has 190 valence electrons. The van der Waals surface area contributed by atoms with Gasteiger partial charge in [0.1, 0.15) is 0 Å². The van der Waals surface area contributed by atoms with E-state index in [1.807, 2.05) is 13.8 Å². The summed E-state index contributed by atoms with van der Waals surface area (Å²) in [5.41, 5.74) is 1.92. The van der Waals surface area contributed by atoms with Crippen LogP contribution in [-0.2, 0) is 16.6 Å². The molecule has 0 spiro atoms. The minimum atomic E-state index is -3.69. The molecule has 0 radical (unpaired) electrons. The summed E-state index contributed by atoms with van der Waals surface area (Å²) in [6, 6.07) is 17.9. The van der Waals surface area contributed by atoms with Crippen LogP contribution in [0.15, 0.2) is 66.7 Å². The van der Waals surface area contributed by atoms with Crippen LogP contribution in [0.2, 0.25) is 10.0 Å². The summed E-state index contributed by atoms with van der Waals surface area (Å²) in [5, 5.41) is 3.50. The molecule has 0 unspecified atom stereocenters. The first kappa shape index (κ1) is 27.5. The summed E-state index contributed by atoms with van der Waals surface area (Å²) in [6.45, 7) is 4.82. The summed E-state index contributed by atoms with van der Waals surface area (Å²) in [5.74, 6) is -0.602. The van der Waals surface area contributed by atoms with Crippen LogP contribution in [0.3, 0.4) is 0 Å². The minimum absolute atomic E-state index is 0.0657. The van der Waals surface area contributed by atoms with Gasteiger partial charge in [-0.25, -0.2) is 8.42 Å². The SMILES string of the molecule is CCN(CC)C(=O)c1ccccc1NC(=O)c1ccc(N(Cc2c(Cl)cccc2Cl)S(C)(=O)=O)cc1. The third kappa shape index (κ3) is 6.37. The van der Waals surface area contributed by atoms with Gasteiger partial charge in [0.15, 0.2) is 0 Å². The number of carbonyl (C=O) groups is 2. The van der Waals surface area contributed by atoms with Gasteiger partial charge in [-0.3, -0.25) is 13.9 Å². The first-order chi connectivity index (χ1) is 17.1. The van der Waals surface area contributed by atoms with Gasteiger partial charge in [-0.2, -0.15) is 0 Å². The quantitative estimate of drug-likeness (QED) is 0.372. The van der Waals surface area contributed by atoms with Crippen molar-refractivity contribution in [2.75, 3.05) is 29.0 Å². The van der Waals surface area contributed by atoms with Crippen molar-refractivity contribution in [3.8, 4) is 0 Å². The van der Waals surface area contributed by atoms with E-state index >= 15 is 0 Å². The third-order valence-electron chi connectivity index (χ3n) is 5.64. The van der Waals surface area contributed by atoms with Crippen LogP contribution < -0.4 is 9.62 Å². The molecule has 0 aliphatic heterocycles. The highest BCUT2D eigenvalue weighted by atomic mass is 35.5. The van der Waals surface area contributed by atoms with Gasteiger partial charge in [0.2, 0.25) is 10.0 Å². The van der Waals surface area contributed by atoms with E-state index in [2.05, 4.69) is 5.32 Å². The Bertz CT molecular complexity index is 1340. The van der Waals surface area contributed by atoms with Gasteiger partial charge in [-0.15, -0.1) is 0 Å². The lowest BCUT2D eigenvalue weighted by Crippen LogP contribution is -2.31. The number of sulfonamides is 1. The highest BCUT2D eigenvalue weighted by Gasteiger charge is 2.22. The van der Waals surface area contributed by atoms with Gasteiger partial charge < -0.3 is 10.2 Å². The fourth-order valence-corrected chi connectivity index (χ4v) is 5.05. The van der Waals surface area contributed by atoms with Crippen molar-refractivity contribution in [1.29, 1.82) is 0 Å².